The molecule has 4 rings (SSSR count). The van der Waals surface area contributed by atoms with Gasteiger partial charge < -0.3 is 24.3 Å². The predicted octanol–water partition coefficient (Wildman–Crippen LogP) is 1.70. The molecule has 2 aromatic rings. The lowest BCUT2D eigenvalue weighted by molar-refractivity contribution is -0.144. The van der Waals surface area contributed by atoms with E-state index in [9.17, 15) is 4.79 Å². The summed E-state index contributed by atoms with van der Waals surface area (Å²) in [5.74, 6) is 3.31. The third kappa shape index (κ3) is 4.43. The molecule has 3 heterocycles. The minimum absolute atomic E-state index is 0.0545. The van der Waals surface area contributed by atoms with Crippen LogP contribution in [0.4, 0.5) is 0 Å². The number of hydrogen-bond acceptors (Lipinski definition) is 6. The van der Waals surface area contributed by atoms with E-state index in [4.69, 9.17) is 9.47 Å². The first kappa shape index (κ1) is 19.8. The van der Waals surface area contributed by atoms with Gasteiger partial charge in [0.1, 0.15) is 23.5 Å². The molecule has 0 saturated carbocycles. The average Bonchev–Trinajstić information content (AvgIpc) is 3.21. The molecular weight excluding hydrogens is 370 g/mol. The molecule has 2 aliphatic rings. The summed E-state index contributed by atoms with van der Waals surface area (Å²) < 4.78 is 13.3. The number of ether oxygens (including phenoxy) is 2. The number of carbonyl (C=O) groups excluding carboxylic acids is 1. The number of aromatic nitrogens is 3. The highest BCUT2D eigenvalue weighted by Gasteiger charge is 2.30. The summed E-state index contributed by atoms with van der Waals surface area (Å²) in [5.41, 5.74) is 0.994. The molecular formula is C21H29N5O3. The first-order valence-electron chi connectivity index (χ1n) is 10.3. The Morgan fingerprint density at radius 1 is 1.28 bits per heavy atom. The first-order valence-corrected chi connectivity index (χ1v) is 10.3. The van der Waals surface area contributed by atoms with Gasteiger partial charge in [-0.25, -0.2) is 0 Å². The SMILES string of the molecule is COc1cccc(COC(C)C(=O)N2CCC(c3nnc4n3CCNC4)CC2)c1. The topological polar surface area (TPSA) is 81.5 Å². The second-order valence-corrected chi connectivity index (χ2v) is 7.71. The standard InChI is InChI=1S/C21H29N5O3/c1-15(29-14-16-4-3-5-18(12-16)28-2)21(27)25-9-6-17(7-10-25)20-24-23-19-13-22-8-11-26(19)20/h3-5,12,15,17,22H,6-11,13-14H2,1-2H3. The van der Waals surface area contributed by atoms with Crippen LogP contribution >= 0.6 is 0 Å². The normalized spacial score (nSPS) is 18.3. The smallest absolute Gasteiger partial charge is 0.251 e. The molecule has 0 aliphatic carbocycles. The highest BCUT2D eigenvalue weighted by Crippen LogP contribution is 2.28. The Hall–Kier alpha value is -2.45. The quantitative estimate of drug-likeness (QED) is 0.796. The van der Waals surface area contributed by atoms with Crippen LogP contribution in [-0.2, 0) is 29.2 Å². The fraction of sp³-hybridized carbons (Fsp3) is 0.571. The minimum atomic E-state index is -0.468. The molecule has 2 aliphatic heterocycles. The number of piperidine rings is 1. The third-order valence-corrected chi connectivity index (χ3v) is 5.81. The van der Waals surface area contributed by atoms with Gasteiger partial charge in [-0.05, 0) is 37.5 Å². The van der Waals surface area contributed by atoms with Crippen LogP contribution in [0.15, 0.2) is 24.3 Å². The molecule has 1 aromatic heterocycles. The van der Waals surface area contributed by atoms with Crippen LogP contribution in [0.1, 0.15) is 42.9 Å². The zero-order valence-corrected chi connectivity index (χ0v) is 17.1. The molecule has 1 N–H and O–H groups in total. The molecule has 1 atom stereocenters. The van der Waals surface area contributed by atoms with Crippen molar-refractivity contribution in [2.75, 3.05) is 26.7 Å². The summed E-state index contributed by atoms with van der Waals surface area (Å²) in [6, 6.07) is 7.72. The van der Waals surface area contributed by atoms with Crippen LogP contribution in [0.2, 0.25) is 0 Å². The van der Waals surface area contributed by atoms with Crippen molar-refractivity contribution in [2.45, 2.75) is 51.5 Å². The lowest BCUT2D eigenvalue weighted by atomic mass is 9.95. The summed E-state index contributed by atoms with van der Waals surface area (Å²) >= 11 is 0. The number of nitrogens with one attached hydrogen (secondary N) is 1. The number of nitrogens with zero attached hydrogens (tertiary/aromatic N) is 4. The number of hydrogen-bond donors (Lipinski definition) is 1. The summed E-state index contributed by atoms with van der Waals surface area (Å²) in [6.45, 7) is 6.35. The molecule has 1 unspecified atom stereocenters. The van der Waals surface area contributed by atoms with Crippen molar-refractivity contribution in [3.8, 4) is 5.75 Å². The molecule has 1 amide bonds. The fourth-order valence-electron chi connectivity index (χ4n) is 4.09. The van der Waals surface area contributed by atoms with E-state index in [1.807, 2.05) is 36.1 Å². The Morgan fingerprint density at radius 3 is 2.90 bits per heavy atom. The number of methoxy groups -OCH3 is 1. The molecule has 0 spiro atoms. The molecule has 29 heavy (non-hydrogen) atoms. The summed E-state index contributed by atoms with van der Waals surface area (Å²) in [6.07, 6.45) is 1.37. The van der Waals surface area contributed by atoms with Gasteiger partial charge in [-0.3, -0.25) is 4.79 Å². The maximum atomic E-state index is 12.8. The van der Waals surface area contributed by atoms with E-state index in [0.29, 0.717) is 12.5 Å². The van der Waals surface area contributed by atoms with Crippen LogP contribution in [0.5, 0.6) is 5.75 Å². The minimum Gasteiger partial charge on any atom is -0.497 e. The van der Waals surface area contributed by atoms with Gasteiger partial charge in [0.05, 0.1) is 20.3 Å². The van der Waals surface area contributed by atoms with E-state index in [1.165, 1.54) is 0 Å². The van der Waals surface area contributed by atoms with Gasteiger partial charge in [0, 0.05) is 32.1 Å². The van der Waals surface area contributed by atoms with Crippen molar-refractivity contribution in [1.82, 2.24) is 25.0 Å². The van der Waals surface area contributed by atoms with E-state index in [0.717, 1.165) is 68.5 Å². The number of carbonyl (C=O) groups is 1. The van der Waals surface area contributed by atoms with Gasteiger partial charge in [-0.1, -0.05) is 12.1 Å². The Bertz CT molecular complexity index is 845. The van der Waals surface area contributed by atoms with E-state index in [1.54, 1.807) is 7.11 Å². The Morgan fingerprint density at radius 2 is 2.10 bits per heavy atom. The van der Waals surface area contributed by atoms with Crippen LogP contribution in [-0.4, -0.2) is 58.4 Å². The van der Waals surface area contributed by atoms with Gasteiger partial charge in [-0.15, -0.1) is 10.2 Å². The van der Waals surface area contributed by atoms with Gasteiger partial charge in [-0.2, -0.15) is 0 Å². The lowest BCUT2D eigenvalue weighted by Crippen LogP contribution is -2.43. The third-order valence-electron chi connectivity index (χ3n) is 5.81. The summed E-state index contributed by atoms with van der Waals surface area (Å²) in [4.78, 5) is 14.7. The summed E-state index contributed by atoms with van der Waals surface area (Å²) in [5, 5.41) is 12.1. The number of fused-ring (bicyclic) bond motifs is 1. The maximum Gasteiger partial charge on any atom is 0.251 e. The van der Waals surface area contributed by atoms with Crippen LogP contribution < -0.4 is 10.1 Å². The molecule has 1 fully saturated rings. The second kappa shape index (κ2) is 8.92. The largest absolute Gasteiger partial charge is 0.497 e. The van der Waals surface area contributed by atoms with E-state index in [-0.39, 0.29) is 5.91 Å². The van der Waals surface area contributed by atoms with Crippen molar-refractivity contribution in [1.29, 1.82) is 0 Å². The average molecular weight is 399 g/mol. The first-order chi connectivity index (χ1) is 14.2. The van der Waals surface area contributed by atoms with Crippen LogP contribution in [0, 0.1) is 0 Å². The van der Waals surface area contributed by atoms with Crippen LogP contribution in [0.3, 0.4) is 0 Å². The Balaban J connectivity index is 1.28. The number of benzene rings is 1. The predicted molar refractivity (Wildman–Crippen MR) is 108 cm³/mol. The molecule has 8 heteroatoms. The number of rotatable bonds is 6. The van der Waals surface area contributed by atoms with Crippen molar-refractivity contribution in [3.05, 3.63) is 41.5 Å². The van der Waals surface area contributed by atoms with Gasteiger partial charge >= 0.3 is 0 Å². The Labute approximate surface area is 171 Å². The van der Waals surface area contributed by atoms with Crippen molar-refractivity contribution >= 4 is 5.91 Å². The highest BCUT2D eigenvalue weighted by atomic mass is 16.5. The van der Waals surface area contributed by atoms with Gasteiger partial charge in [0.2, 0.25) is 0 Å². The monoisotopic (exact) mass is 399 g/mol. The molecule has 0 radical (unpaired) electrons. The lowest BCUT2D eigenvalue weighted by Gasteiger charge is -2.33. The van der Waals surface area contributed by atoms with E-state index < -0.39 is 6.10 Å². The van der Waals surface area contributed by atoms with Crippen molar-refractivity contribution in [3.63, 3.8) is 0 Å². The van der Waals surface area contributed by atoms with Crippen molar-refractivity contribution in [2.24, 2.45) is 0 Å². The highest BCUT2D eigenvalue weighted by molar-refractivity contribution is 5.80. The molecule has 8 nitrogen and oxygen atoms in total. The number of amides is 1. The van der Waals surface area contributed by atoms with Crippen molar-refractivity contribution < 1.29 is 14.3 Å². The zero-order valence-electron chi connectivity index (χ0n) is 17.1. The zero-order chi connectivity index (χ0) is 20.2. The number of likely N-dealkylation sites (tertiary alicyclic amines) is 1. The Kier molecular flexibility index (Phi) is 6.10. The van der Waals surface area contributed by atoms with E-state index in [2.05, 4.69) is 20.1 Å². The van der Waals surface area contributed by atoms with E-state index >= 15 is 0 Å². The van der Waals surface area contributed by atoms with Crippen LogP contribution in [0.25, 0.3) is 0 Å². The summed E-state index contributed by atoms with van der Waals surface area (Å²) in [7, 11) is 1.64. The molecule has 1 saturated heterocycles. The molecule has 1 aromatic carbocycles. The molecule has 0 bridgehead atoms. The van der Waals surface area contributed by atoms with Gasteiger partial charge in [0.15, 0.2) is 0 Å². The van der Waals surface area contributed by atoms with Gasteiger partial charge in [0.25, 0.3) is 5.91 Å². The fourth-order valence-corrected chi connectivity index (χ4v) is 4.09. The second-order valence-electron chi connectivity index (χ2n) is 7.71. The molecule has 156 valence electrons. The maximum absolute atomic E-state index is 12.8.